The van der Waals surface area contributed by atoms with Gasteiger partial charge in [0.05, 0.1) is 0 Å². The lowest BCUT2D eigenvalue weighted by molar-refractivity contribution is -0.0267. The molecular formula is C12H25N. The van der Waals surface area contributed by atoms with Crippen LogP contribution in [0.3, 0.4) is 0 Å². The second kappa shape index (κ2) is 3.61. The van der Waals surface area contributed by atoms with E-state index in [1.807, 2.05) is 0 Å². The Morgan fingerprint density at radius 2 is 1.85 bits per heavy atom. The van der Waals surface area contributed by atoms with Gasteiger partial charge in [-0.15, -0.1) is 0 Å². The first-order valence-corrected chi connectivity index (χ1v) is 5.65. The number of hydrogen-bond acceptors (Lipinski definition) is 1. The lowest BCUT2D eigenvalue weighted by Gasteiger charge is -2.52. The molecule has 1 saturated heterocycles. The fraction of sp³-hybridized carbons (Fsp3) is 1.00. The van der Waals surface area contributed by atoms with Gasteiger partial charge in [0, 0.05) is 12.1 Å². The fourth-order valence-electron chi connectivity index (χ4n) is 2.85. The molecule has 1 aliphatic rings. The molecule has 78 valence electrons. The maximum atomic E-state index is 2.55. The van der Waals surface area contributed by atoms with E-state index in [1.54, 1.807) is 0 Å². The molecular weight excluding hydrogens is 158 g/mol. The smallest absolute Gasteiger partial charge is 0.0123 e. The van der Waals surface area contributed by atoms with Gasteiger partial charge in [-0.05, 0) is 45.1 Å². The van der Waals surface area contributed by atoms with E-state index in [-0.39, 0.29) is 0 Å². The molecule has 1 rings (SSSR count). The lowest BCUT2D eigenvalue weighted by atomic mass is 9.65. The van der Waals surface area contributed by atoms with E-state index in [0.29, 0.717) is 5.41 Å². The Morgan fingerprint density at radius 1 is 1.31 bits per heavy atom. The molecule has 0 spiro atoms. The van der Waals surface area contributed by atoms with Crippen LogP contribution in [0, 0.1) is 11.3 Å². The number of hydrogen-bond donors (Lipinski definition) is 0. The van der Waals surface area contributed by atoms with Gasteiger partial charge in [-0.25, -0.2) is 0 Å². The molecule has 0 N–H and O–H groups in total. The van der Waals surface area contributed by atoms with Crippen molar-refractivity contribution in [3.05, 3.63) is 0 Å². The van der Waals surface area contributed by atoms with Crippen LogP contribution < -0.4 is 0 Å². The summed E-state index contributed by atoms with van der Waals surface area (Å²) in [7, 11) is 2.27. The van der Waals surface area contributed by atoms with Crippen LogP contribution in [0.15, 0.2) is 0 Å². The predicted molar refractivity (Wildman–Crippen MR) is 58.9 cm³/mol. The van der Waals surface area contributed by atoms with Crippen molar-refractivity contribution in [1.82, 2.24) is 4.90 Å². The van der Waals surface area contributed by atoms with Crippen LogP contribution >= 0.6 is 0 Å². The van der Waals surface area contributed by atoms with Crippen LogP contribution in [0.25, 0.3) is 0 Å². The molecule has 0 radical (unpaired) electrons. The second-order valence-electron chi connectivity index (χ2n) is 5.19. The zero-order valence-electron chi connectivity index (χ0n) is 10.1. The number of nitrogens with zero attached hydrogens (tertiary/aromatic N) is 1. The van der Waals surface area contributed by atoms with Crippen molar-refractivity contribution in [1.29, 1.82) is 0 Å². The monoisotopic (exact) mass is 183 g/mol. The molecule has 1 heterocycles. The summed E-state index contributed by atoms with van der Waals surface area (Å²) in [5, 5.41) is 0. The summed E-state index contributed by atoms with van der Waals surface area (Å²) in [6.45, 7) is 11.9. The molecule has 1 fully saturated rings. The fourth-order valence-corrected chi connectivity index (χ4v) is 2.85. The molecule has 0 saturated carbocycles. The van der Waals surface area contributed by atoms with Gasteiger partial charge in [0.25, 0.3) is 0 Å². The van der Waals surface area contributed by atoms with E-state index < -0.39 is 0 Å². The van der Waals surface area contributed by atoms with Crippen molar-refractivity contribution in [3.8, 4) is 0 Å². The Labute approximate surface area is 83.5 Å². The summed E-state index contributed by atoms with van der Waals surface area (Å²) < 4.78 is 0. The summed E-state index contributed by atoms with van der Waals surface area (Å²) in [5.41, 5.74) is 0.515. The summed E-state index contributed by atoms with van der Waals surface area (Å²) >= 11 is 0. The van der Waals surface area contributed by atoms with Crippen molar-refractivity contribution >= 4 is 0 Å². The molecule has 0 aliphatic carbocycles. The maximum absolute atomic E-state index is 2.55. The first kappa shape index (κ1) is 11.0. The normalized spacial score (nSPS) is 48.0. The molecule has 1 heteroatoms. The molecule has 0 bridgehead atoms. The first-order chi connectivity index (χ1) is 5.93. The highest BCUT2D eigenvalue weighted by atomic mass is 15.2. The zero-order chi connectivity index (χ0) is 10.2. The van der Waals surface area contributed by atoms with Crippen LogP contribution in [-0.4, -0.2) is 24.0 Å². The highest BCUT2D eigenvalue weighted by Crippen LogP contribution is 2.44. The van der Waals surface area contributed by atoms with Crippen molar-refractivity contribution in [2.75, 3.05) is 7.05 Å². The third kappa shape index (κ3) is 1.63. The zero-order valence-corrected chi connectivity index (χ0v) is 10.1. The number of likely N-dealkylation sites (tertiary alicyclic amines) is 1. The van der Waals surface area contributed by atoms with E-state index >= 15 is 0 Å². The van der Waals surface area contributed by atoms with Gasteiger partial charge < -0.3 is 4.90 Å². The SMILES string of the molecule is CC[C@]1(C)[C@H](C)N(C)[C@H](C)C[C@@H]1C. The predicted octanol–water partition coefficient (Wildman–Crippen LogP) is 3.15. The molecule has 1 nitrogen and oxygen atoms in total. The van der Waals surface area contributed by atoms with E-state index in [2.05, 4.69) is 46.6 Å². The molecule has 0 amide bonds. The third-order valence-electron chi connectivity index (χ3n) is 4.84. The highest BCUT2D eigenvalue weighted by molar-refractivity contribution is 4.95. The minimum atomic E-state index is 0.515. The van der Waals surface area contributed by atoms with Crippen LogP contribution in [0.1, 0.15) is 47.5 Å². The first-order valence-electron chi connectivity index (χ1n) is 5.65. The minimum Gasteiger partial charge on any atom is -0.300 e. The lowest BCUT2D eigenvalue weighted by Crippen LogP contribution is -2.54. The van der Waals surface area contributed by atoms with Gasteiger partial charge in [0.1, 0.15) is 0 Å². The summed E-state index contributed by atoms with van der Waals surface area (Å²) in [5.74, 6) is 0.860. The molecule has 0 aromatic heterocycles. The Morgan fingerprint density at radius 3 is 2.31 bits per heavy atom. The van der Waals surface area contributed by atoms with Crippen LogP contribution in [-0.2, 0) is 0 Å². The van der Waals surface area contributed by atoms with Gasteiger partial charge in [0.2, 0.25) is 0 Å². The number of rotatable bonds is 1. The van der Waals surface area contributed by atoms with Crippen LogP contribution in [0.5, 0.6) is 0 Å². The van der Waals surface area contributed by atoms with E-state index in [0.717, 1.165) is 18.0 Å². The van der Waals surface area contributed by atoms with E-state index in [9.17, 15) is 0 Å². The minimum absolute atomic E-state index is 0.515. The standard InChI is InChI=1S/C12H25N/c1-7-12(5)9(2)8-10(3)13(6)11(12)4/h9-11H,7-8H2,1-6H3/t9-,10+,11-,12-/m0/s1. The summed E-state index contributed by atoms with van der Waals surface area (Å²) in [6, 6.07) is 1.47. The highest BCUT2D eigenvalue weighted by Gasteiger charge is 2.42. The van der Waals surface area contributed by atoms with Gasteiger partial charge in [-0.1, -0.05) is 20.8 Å². The topological polar surface area (TPSA) is 3.24 Å². The van der Waals surface area contributed by atoms with Crippen molar-refractivity contribution in [3.63, 3.8) is 0 Å². The maximum Gasteiger partial charge on any atom is 0.0123 e. The van der Waals surface area contributed by atoms with Gasteiger partial charge in [-0.3, -0.25) is 0 Å². The van der Waals surface area contributed by atoms with Crippen LogP contribution in [0.4, 0.5) is 0 Å². The van der Waals surface area contributed by atoms with Crippen molar-refractivity contribution < 1.29 is 0 Å². The van der Waals surface area contributed by atoms with E-state index in [1.165, 1.54) is 12.8 Å². The molecule has 13 heavy (non-hydrogen) atoms. The Bertz CT molecular complexity index is 178. The van der Waals surface area contributed by atoms with Gasteiger partial charge in [0.15, 0.2) is 0 Å². The average molecular weight is 183 g/mol. The van der Waals surface area contributed by atoms with Gasteiger partial charge in [-0.2, -0.15) is 0 Å². The average Bonchev–Trinajstić information content (AvgIpc) is 2.11. The van der Waals surface area contributed by atoms with Crippen molar-refractivity contribution in [2.24, 2.45) is 11.3 Å². The Balaban J connectivity index is 2.85. The van der Waals surface area contributed by atoms with E-state index in [4.69, 9.17) is 0 Å². The molecule has 1 aliphatic heterocycles. The Kier molecular flexibility index (Phi) is 3.06. The number of piperidine rings is 1. The Hall–Kier alpha value is -0.0400. The quantitative estimate of drug-likeness (QED) is 0.603. The van der Waals surface area contributed by atoms with Crippen molar-refractivity contribution in [2.45, 2.75) is 59.5 Å². The molecule has 0 aromatic carbocycles. The largest absolute Gasteiger partial charge is 0.300 e. The molecule has 0 unspecified atom stereocenters. The third-order valence-corrected chi connectivity index (χ3v) is 4.84. The molecule has 0 aromatic rings. The van der Waals surface area contributed by atoms with Gasteiger partial charge >= 0.3 is 0 Å². The second-order valence-corrected chi connectivity index (χ2v) is 5.19. The van der Waals surface area contributed by atoms with Crippen LogP contribution in [0.2, 0.25) is 0 Å². The molecule has 4 atom stereocenters. The summed E-state index contributed by atoms with van der Waals surface area (Å²) in [4.78, 5) is 2.55. The summed E-state index contributed by atoms with van der Waals surface area (Å²) in [6.07, 6.45) is 2.65.